The van der Waals surface area contributed by atoms with Gasteiger partial charge in [-0.25, -0.2) is 0 Å². The molecular formula is C10H23N3. The van der Waals surface area contributed by atoms with Gasteiger partial charge in [-0.05, 0) is 20.6 Å². The molecule has 78 valence electrons. The van der Waals surface area contributed by atoms with Gasteiger partial charge >= 0.3 is 0 Å². The van der Waals surface area contributed by atoms with Crippen LogP contribution in [0.25, 0.3) is 0 Å². The van der Waals surface area contributed by atoms with E-state index in [1.165, 1.54) is 45.8 Å². The standard InChI is InChI=1S/C10H23N3/c1-4-13-9-7-11(2)5-6-12(3)8-10-13/h4-10H2,1-3H3. The van der Waals surface area contributed by atoms with E-state index in [2.05, 4.69) is 35.7 Å². The molecule has 0 unspecified atom stereocenters. The summed E-state index contributed by atoms with van der Waals surface area (Å²) in [5, 5.41) is 0. The van der Waals surface area contributed by atoms with E-state index in [-0.39, 0.29) is 0 Å². The Morgan fingerprint density at radius 3 is 1.54 bits per heavy atom. The summed E-state index contributed by atoms with van der Waals surface area (Å²) in [4.78, 5) is 7.37. The highest BCUT2D eigenvalue weighted by Crippen LogP contribution is 1.96. The molecule has 0 radical (unpaired) electrons. The van der Waals surface area contributed by atoms with E-state index in [0.717, 1.165) is 0 Å². The van der Waals surface area contributed by atoms with Crippen molar-refractivity contribution in [1.82, 2.24) is 14.7 Å². The van der Waals surface area contributed by atoms with E-state index in [9.17, 15) is 0 Å². The molecule has 1 fully saturated rings. The Labute approximate surface area is 82.3 Å². The SMILES string of the molecule is CCN1CCN(C)CCN(C)CC1. The minimum absolute atomic E-state index is 1.18. The van der Waals surface area contributed by atoms with Crippen LogP contribution in [0.5, 0.6) is 0 Å². The molecule has 3 heteroatoms. The smallest absolute Gasteiger partial charge is 0.0110 e. The van der Waals surface area contributed by atoms with Crippen molar-refractivity contribution >= 4 is 0 Å². The summed E-state index contributed by atoms with van der Waals surface area (Å²) in [6.45, 7) is 10.7. The lowest BCUT2D eigenvalue weighted by molar-refractivity contribution is 0.245. The Morgan fingerprint density at radius 2 is 1.15 bits per heavy atom. The molecule has 0 spiro atoms. The molecular weight excluding hydrogens is 162 g/mol. The highest BCUT2D eigenvalue weighted by atomic mass is 15.2. The van der Waals surface area contributed by atoms with E-state index in [0.29, 0.717) is 0 Å². The van der Waals surface area contributed by atoms with Gasteiger partial charge in [-0.1, -0.05) is 6.92 Å². The first-order valence-corrected chi connectivity index (χ1v) is 5.32. The molecule has 0 aromatic heterocycles. The molecule has 1 aliphatic rings. The third-order valence-corrected chi connectivity index (χ3v) is 2.91. The Hall–Kier alpha value is -0.120. The lowest BCUT2D eigenvalue weighted by Crippen LogP contribution is -2.34. The maximum atomic E-state index is 2.53. The second kappa shape index (κ2) is 5.58. The largest absolute Gasteiger partial charge is 0.304 e. The minimum Gasteiger partial charge on any atom is -0.304 e. The van der Waals surface area contributed by atoms with Crippen LogP contribution in [0, 0.1) is 0 Å². The molecule has 0 aromatic rings. The van der Waals surface area contributed by atoms with E-state index in [1.54, 1.807) is 0 Å². The summed E-state index contributed by atoms with van der Waals surface area (Å²) in [6.07, 6.45) is 0. The van der Waals surface area contributed by atoms with Gasteiger partial charge in [0, 0.05) is 39.3 Å². The van der Waals surface area contributed by atoms with Crippen LogP contribution in [0.2, 0.25) is 0 Å². The maximum Gasteiger partial charge on any atom is 0.0110 e. The molecule has 1 aliphatic heterocycles. The summed E-state index contributed by atoms with van der Waals surface area (Å²) < 4.78 is 0. The first-order valence-electron chi connectivity index (χ1n) is 5.32. The summed E-state index contributed by atoms with van der Waals surface area (Å²) >= 11 is 0. The lowest BCUT2D eigenvalue weighted by atomic mass is 10.4. The van der Waals surface area contributed by atoms with Gasteiger partial charge in [-0.2, -0.15) is 0 Å². The zero-order chi connectivity index (χ0) is 9.68. The average molecular weight is 185 g/mol. The molecule has 0 amide bonds. The zero-order valence-corrected chi connectivity index (χ0v) is 9.29. The molecule has 1 rings (SSSR count). The fraction of sp³-hybridized carbons (Fsp3) is 1.00. The van der Waals surface area contributed by atoms with Gasteiger partial charge in [0.25, 0.3) is 0 Å². The Bertz CT molecular complexity index is 124. The summed E-state index contributed by atoms with van der Waals surface area (Å²) in [6, 6.07) is 0. The van der Waals surface area contributed by atoms with E-state index in [1.807, 2.05) is 0 Å². The number of nitrogens with zero attached hydrogens (tertiary/aromatic N) is 3. The monoisotopic (exact) mass is 185 g/mol. The van der Waals surface area contributed by atoms with Crippen LogP contribution >= 0.6 is 0 Å². The highest BCUT2D eigenvalue weighted by molar-refractivity contribution is 4.66. The van der Waals surface area contributed by atoms with E-state index < -0.39 is 0 Å². The second-order valence-corrected chi connectivity index (χ2v) is 4.04. The molecule has 1 heterocycles. The minimum atomic E-state index is 1.18. The average Bonchev–Trinajstić information content (AvgIpc) is 2.20. The van der Waals surface area contributed by atoms with Crippen LogP contribution in [0.15, 0.2) is 0 Å². The van der Waals surface area contributed by atoms with Crippen LogP contribution in [-0.4, -0.2) is 74.6 Å². The van der Waals surface area contributed by atoms with Crippen molar-refractivity contribution in [3.63, 3.8) is 0 Å². The number of likely N-dealkylation sites (N-methyl/N-ethyl adjacent to an activating group) is 3. The van der Waals surface area contributed by atoms with E-state index in [4.69, 9.17) is 0 Å². The zero-order valence-electron chi connectivity index (χ0n) is 9.29. The molecule has 0 aromatic carbocycles. The van der Waals surface area contributed by atoms with Gasteiger partial charge in [0.05, 0.1) is 0 Å². The molecule has 0 bridgehead atoms. The Morgan fingerprint density at radius 1 is 0.769 bits per heavy atom. The van der Waals surface area contributed by atoms with Crippen LogP contribution < -0.4 is 0 Å². The normalized spacial score (nSPS) is 25.2. The van der Waals surface area contributed by atoms with Gasteiger partial charge in [0.1, 0.15) is 0 Å². The second-order valence-electron chi connectivity index (χ2n) is 4.04. The Kier molecular flexibility index (Phi) is 4.70. The van der Waals surface area contributed by atoms with Gasteiger partial charge in [0.15, 0.2) is 0 Å². The van der Waals surface area contributed by atoms with Crippen LogP contribution in [0.4, 0.5) is 0 Å². The van der Waals surface area contributed by atoms with Crippen molar-refractivity contribution in [3.8, 4) is 0 Å². The quantitative estimate of drug-likeness (QED) is 0.577. The van der Waals surface area contributed by atoms with Crippen molar-refractivity contribution in [2.45, 2.75) is 6.92 Å². The summed E-state index contributed by atoms with van der Waals surface area (Å²) in [5.41, 5.74) is 0. The fourth-order valence-electron chi connectivity index (χ4n) is 1.62. The molecule has 0 N–H and O–H groups in total. The summed E-state index contributed by atoms with van der Waals surface area (Å²) in [7, 11) is 4.43. The third-order valence-electron chi connectivity index (χ3n) is 2.91. The van der Waals surface area contributed by atoms with Crippen LogP contribution in [-0.2, 0) is 0 Å². The molecule has 13 heavy (non-hydrogen) atoms. The fourth-order valence-corrected chi connectivity index (χ4v) is 1.62. The van der Waals surface area contributed by atoms with Crippen LogP contribution in [0.1, 0.15) is 6.92 Å². The van der Waals surface area contributed by atoms with E-state index >= 15 is 0 Å². The molecule has 0 saturated carbocycles. The first-order chi connectivity index (χ1) is 6.22. The van der Waals surface area contributed by atoms with Crippen molar-refractivity contribution < 1.29 is 0 Å². The number of hydrogen-bond donors (Lipinski definition) is 0. The molecule has 0 aliphatic carbocycles. The van der Waals surface area contributed by atoms with Crippen molar-refractivity contribution in [2.75, 3.05) is 59.9 Å². The summed E-state index contributed by atoms with van der Waals surface area (Å²) in [5.74, 6) is 0. The topological polar surface area (TPSA) is 9.72 Å². The van der Waals surface area contributed by atoms with Gasteiger partial charge in [-0.15, -0.1) is 0 Å². The van der Waals surface area contributed by atoms with Gasteiger partial charge in [0.2, 0.25) is 0 Å². The number of hydrogen-bond acceptors (Lipinski definition) is 3. The first kappa shape index (κ1) is 11.0. The van der Waals surface area contributed by atoms with Crippen molar-refractivity contribution in [1.29, 1.82) is 0 Å². The predicted molar refractivity (Wildman–Crippen MR) is 57.1 cm³/mol. The van der Waals surface area contributed by atoms with Crippen LogP contribution in [0.3, 0.4) is 0 Å². The molecule has 3 nitrogen and oxygen atoms in total. The lowest BCUT2D eigenvalue weighted by Gasteiger charge is -2.21. The Balaban J connectivity index is 2.39. The maximum absolute atomic E-state index is 2.53. The predicted octanol–water partition coefficient (Wildman–Crippen LogP) is 0.186. The molecule has 0 atom stereocenters. The van der Waals surface area contributed by atoms with Crippen molar-refractivity contribution in [2.24, 2.45) is 0 Å². The third kappa shape index (κ3) is 4.07. The van der Waals surface area contributed by atoms with Gasteiger partial charge < -0.3 is 14.7 Å². The van der Waals surface area contributed by atoms with Gasteiger partial charge in [-0.3, -0.25) is 0 Å². The highest BCUT2D eigenvalue weighted by Gasteiger charge is 2.09. The number of rotatable bonds is 1. The molecule has 1 saturated heterocycles. The van der Waals surface area contributed by atoms with Crippen molar-refractivity contribution in [3.05, 3.63) is 0 Å².